The molecule has 1 amide bonds. The fourth-order valence-corrected chi connectivity index (χ4v) is 3.48. The lowest BCUT2D eigenvalue weighted by molar-refractivity contribution is -0.121. The van der Waals surface area contributed by atoms with Crippen LogP contribution in [0.2, 0.25) is 0 Å². The molecule has 0 radical (unpaired) electrons. The number of para-hydroxylation sites is 1. The number of benzene rings is 3. The maximum absolute atomic E-state index is 14.1. The number of halogens is 1. The fourth-order valence-electron chi connectivity index (χ4n) is 3.48. The van der Waals surface area contributed by atoms with E-state index in [9.17, 15) is 14.4 Å². The SMILES string of the molecule is N#C[C@@H](C(=O)N/N=C\c1cn(Cc2ccccc2F)c2ccccc12)c1ccccc1. The number of rotatable bonds is 6. The predicted octanol–water partition coefficient (Wildman–Crippen LogP) is 4.59. The van der Waals surface area contributed by atoms with Gasteiger partial charge in [-0.15, -0.1) is 0 Å². The van der Waals surface area contributed by atoms with Gasteiger partial charge in [-0.2, -0.15) is 10.4 Å². The molecule has 31 heavy (non-hydrogen) atoms. The second-order valence-electron chi connectivity index (χ2n) is 7.03. The predicted molar refractivity (Wildman–Crippen MR) is 118 cm³/mol. The van der Waals surface area contributed by atoms with Crippen molar-refractivity contribution in [2.75, 3.05) is 0 Å². The Morgan fingerprint density at radius 2 is 1.77 bits per heavy atom. The lowest BCUT2D eigenvalue weighted by Crippen LogP contribution is -2.24. The van der Waals surface area contributed by atoms with Crippen LogP contribution in [0.1, 0.15) is 22.6 Å². The molecule has 1 heterocycles. The highest BCUT2D eigenvalue weighted by Crippen LogP contribution is 2.22. The number of hydrogen-bond donors (Lipinski definition) is 1. The van der Waals surface area contributed by atoms with E-state index >= 15 is 0 Å². The Hall–Kier alpha value is -4.24. The van der Waals surface area contributed by atoms with Crippen LogP contribution in [-0.2, 0) is 11.3 Å². The highest BCUT2D eigenvalue weighted by molar-refractivity contribution is 6.00. The largest absolute Gasteiger partial charge is 0.342 e. The zero-order valence-corrected chi connectivity index (χ0v) is 16.6. The minimum absolute atomic E-state index is 0.258. The van der Waals surface area contributed by atoms with Gasteiger partial charge in [0, 0.05) is 28.2 Å². The van der Waals surface area contributed by atoms with Gasteiger partial charge in [0.1, 0.15) is 5.82 Å². The molecule has 0 unspecified atom stereocenters. The molecule has 0 bridgehead atoms. The van der Waals surface area contributed by atoms with Crippen LogP contribution in [0.3, 0.4) is 0 Å². The number of carbonyl (C=O) groups is 1. The Morgan fingerprint density at radius 1 is 1.06 bits per heavy atom. The molecule has 0 aliphatic rings. The standard InChI is InChI=1S/C25H19FN4O/c26-23-12-6-4-10-19(23)16-30-17-20(21-11-5-7-13-24(21)30)15-28-29-25(31)22(14-27)18-8-2-1-3-9-18/h1-13,15,17,22H,16H2,(H,29,31)/b28-15-/t22-/m1/s1. The van der Waals surface area contributed by atoms with Crippen molar-refractivity contribution in [3.8, 4) is 6.07 Å². The van der Waals surface area contributed by atoms with Crippen LogP contribution in [0, 0.1) is 17.1 Å². The van der Waals surface area contributed by atoms with Gasteiger partial charge in [0.05, 0.1) is 18.8 Å². The molecule has 4 rings (SSSR count). The Balaban J connectivity index is 1.56. The molecule has 6 heteroatoms. The van der Waals surface area contributed by atoms with E-state index in [0.29, 0.717) is 17.7 Å². The van der Waals surface area contributed by atoms with Gasteiger partial charge in [-0.3, -0.25) is 4.79 Å². The van der Waals surface area contributed by atoms with Crippen LogP contribution >= 0.6 is 0 Å². The number of hydrazone groups is 1. The third-order valence-corrected chi connectivity index (χ3v) is 5.02. The average molecular weight is 410 g/mol. The summed E-state index contributed by atoms with van der Waals surface area (Å²) in [6.07, 6.45) is 3.41. The van der Waals surface area contributed by atoms with Crippen molar-refractivity contribution in [3.63, 3.8) is 0 Å². The number of nitrogens with one attached hydrogen (secondary N) is 1. The molecule has 0 saturated heterocycles. The zero-order valence-electron chi connectivity index (χ0n) is 16.6. The maximum Gasteiger partial charge on any atom is 0.261 e. The molecule has 152 valence electrons. The molecule has 1 atom stereocenters. The third-order valence-electron chi connectivity index (χ3n) is 5.02. The fraction of sp³-hybridized carbons (Fsp3) is 0.0800. The number of carbonyl (C=O) groups excluding carboxylic acids is 1. The summed E-state index contributed by atoms with van der Waals surface area (Å²) < 4.78 is 16.1. The first-order valence-corrected chi connectivity index (χ1v) is 9.76. The quantitative estimate of drug-likeness (QED) is 0.373. The van der Waals surface area contributed by atoms with Crippen LogP contribution < -0.4 is 5.43 Å². The van der Waals surface area contributed by atoms with Crippen molar-refractivity contribution in [1.29, 1.82) is 5.26 Å². The van der Waals surface area contributed by atoms with Crippen molar-refractivity contribution in [1.82, 2.24) is 9.99 Å². The molecule has 4 aromatic rings. The van der Waals surface area contributed by atoms with E-state index < -0.39 is 11.8 Å². The lowest BCUT2D eigenvalue weighted by Gasteiger charge is -2.06. The molecule has 3 aromatic carbocycles. The summed E-state index contributed by atoms with van der Waals surface area (Å²) in [5.41, 5.74) is 5.35. The van der Waals surface area contributed by atoms with E-state index in [0.717, 1.165) is 16.5 Å². The first-order valence-electron chi connectivity index (χ1n) is 9.76. The van der Waals surface area contributed by atoms with Gasteiger partial charge < -0.3 is 4.57 Å². The van der Waals surface area contributed by atoms with Gasteiger partial charge in [0.2, 0.25) is 0 Å². The minimum atomic E-state index is -0.944. The summed E-state index contributed by atoms with van der Waals surface area (Å²) in [6, 6.07) is 25.2. The lowest BCUT2D eigenvalue weighted by atomic mass is 10.0. The van der Waals surface area contributed by atoms with Crippen molar-refractivity contribution in [3.05, 3.63) is 108 Å². The molecule has 0 aliphatic heterocycles. The Kier molecular flexibility index (Phi) is 5.86. The summed E-state index contributed by atoms with van der Waals surface area (Å²) in [7, 11) is 0. The van der Waals surface area contributed by atoms with Crippen molar-refractivity contribution in [2.45, 2.75) is 12.5 Å². The summed E-state index contributed by atoms with van der Waals surface area (Å²) in [5.74, 6) is -1.70. The molecule has 1 N–H and O–H groups in total. The van der Waals surface area contributed by atoms with Gasteiger partial charge in [-0.05, 0) is 17.7 Å². The van der Waals surface area contributed by atoms with Crippen LogP contribution in [0.4, 0.5) is 4.39 Å². The number of aromatic nitrogens is 1. The third kappa shape index (κ3) is 4.36. The molecule has 0 aliphatic carbocycles. The Bertz CT molecular complexity index is 1290. The molecular weight excluding hydrogens is 391 g/mol. The second-order valence-corrected chi connectivity index (χ2v) is 7.03. The van der Waals surface area contributed by atoms with Crippen LogP contribution in [0.15, 0.2) is 90.2 Å². The zero-order chi connectivity index (χ0) is 21.6. The smallest absolute Gasteiger partial charge is 0.261 e. The summed E-state index contributed by atoms with van der Waals surface area (Å²) >= 11 is 0. The number of nitrogens with zero attached hydrogens (tertiary/aromatic N) is 3. The van der Waals surface area contributed by atoms with E-state index in [2.05, 4.69) is 10.5 Å². The minimum Gasteiger partial charge on any atom is -0.342 e. The van der Waals surface area contributed by atoms with Gasteiger partial charge in [-0.1, -0.05) is 66.7 Å². The van der Waals surface area contributed by atoms with Gasteiger partial charge in [0.15, 0.2) is 5.92 Å². The van der Waals surface area contributed by atoms with E-state index in [1.54, 1.807) is 42.5 Å². The monoisotopic (exact) mass is 410 g/mol. The van der Waals surface area contributed by atoms with Crippen LogP contribution in [0.25, 0.3) is 10.9 Å². The van der Waals surface area contributed by atoms with E-state index in [1.807, 2.05) is 47.2 Å². The van der Waals surface area contributed by atoms with Crippen molar-refractivity contribution >= 4 is 23.0 Å². The van der Waals surface area contributed by atoms with E-state index in [-0.39, 0.29) is 5.82 Å². The molecule has 5 nitrogen and oxygen atoms in total. The summed E-state index contributed by atoms with van der Waals surface area (Å²) in [6.45, 7) is 0.373. The summed E-state index contributed by atoms with van der Waals surface area (Å²) in [5, 5.41) is 14.4. The first kappa shape index (κ1) is 20.0. The van der Waals surface area contributed by atoms with Crippen LogP contribution in [0.5, 0.6) is 0 Å². The van der Waals surface area contributed by atoms with Gasteiger partial charge >= 0.3 is 0 Å². The first-order chi connectivity index (χ1) is 15.2. The van der Waals surface area contributed by atoms with Crippen molar-refractivity contribution < 1.29 is 9.18 Å². The average Bonchev–Trinajstić information content (AvgIpc) is 3.14. The second kappa shape index (κ2) is 9.06. The number of nitriles is 1. The maximum atomic E-state index is 14.1. The molecule has 0 fully saturated rings. The van der Waals surface area contributed by atoms with Gasteiger partial charge in [0.25, 0.3) is 5.91 Å². The topological polar surface area (TPSA) is 70.2 Å². The number of amides is 1. The number of fused-ring (bicyclic) bond motifs is 1. The normalized spacial score (nSPS) is 12.0. The molecule has 0 spiro atoms. The molecule has 1 aromatic heterocycles. The highest BCUT2D eigenvalue weighted by Gasteiger charge is 2.19. The Morgan fingerprint density at radius 3 is 2.55 bits per heavy atom. The molecular formula is C25H19FN4O. The van der Waals surface area contributed by atoms with E-state index in [4.69, 9.17) is 0 Å². The van der Waals surface area contributed by atoms with Crippen molar-refractivity contribution in [2.24, 2.45) is 5.10 Å². The van der Waals surface area contributed by atoms with Crippen LogP contribution in [-0.4, -0.2) is 16.7 Å². The van der Waals surface area contributed by atoms with E-state index in [1.165, 1.54) is 12.3 Å². The highest BCUT2D eigenvalue weighted by atomic mass is 19.1. The number of hydrogen-bond acceptors (Lipinski definition) is 3. The summed E-state index contributed by atoms with van der Waals surface area (Å²) in [4.78, 5) is 12.4. The Labute approximate surface area is 179 Å². The van der Waals surface area contributed by atoms with Gasteiger partial charge in [-0.25, -0.2) is 9.82 Å². The molecule has 0 saturated carbocycles.